The van der Waals surface area contributed by atoms with Crippen LogP contribution < -0.4 is 0 Å². The highest BCUT2D eigenvalue weighted by atomic mass is 16.4. The van der Waals surface area contributed by atoms with Crippen molar-refractivity contribution in [1.29, 1.82) is 0 Å². The fourth-order valence-electron chi connectivity index (χ4n) is 4.53. The highest BCUT2D eigenvalue weighted by Gasteiger charge is 2.47. The van der Waals surface area contributed by atoms with Crippen molar-refractivity contribution in [3.8, 4) is 0 Å². The number of carbonyl (C=O) groups excluding carboxylic acids is 4. The van der Waals surface area contributed by atoms with Crippen LogP contribution in [0.5, 0.6) is 0 Å². The summed E-state index contributed by atoms with van der Waals surface area (Å²) in [5.41, 5.74) is 1.31. The zero-order valence-corrected chi connectivity index (χ0v) is 22.2. The fraction of sp³-hybridized carbons (Fsp3) is 0.345. The van der Waals surface area contributed by atoms with Gasteiger partial charge in [0, 0.05) is 31.0 Å². The molecule has 3 rings (SSSR count). The predicted molar refractivity (Wildman–Crippen MR) is 141 cm³/mol. The largest absolute Gasteiger partial charge is 0.475 e. The summed E-state index contributed by atoms with van der Waals surface area (Å²) in [6.45, 7) is 8.21. The summed E-state index contributed by atoms with van der Waals surface area (Å²) in [7, 11) is 0. The van der Waals surface area contributed by atoms with E-state index in [1.54, 1.807) is 88.4 Å². The van der Waals surface area contributed by atoms with E-state index in [0.29, 0.717) is 11.1 Å². The summed E-state index contributed by atoms with van der Waals surface area (Å²) < 4.78 is 0. The van der Waals surface area contributed by atoms with Crippen LogP contribution in [0.25, 0.3) is 5.70 Å². The number of nitrogens with zero attached hydrogens (tertiary/aromatic N) is 3. The Balaban J connectivity index is 2.28. The first-order valence-corrected chi connectivity index (χ1v) is 12.5. The Hall–Kier alpha value is -4.27. The molecule has 200 valence electrons. The first-order chi connectivity index (χ1) is 18.0. The third-order valence-corrected chi connectivity index (χ3v) is 6.32. The highest BCUT2D eigenvalue weighted by Crippen LogP contribution is 2.33. The molecule has 0 fully saturated rings. The number of carbonyl (C=O) groups is 5. The second-order valence-corrected chi connectivity index (χ2v) is 9.86. The third kappa shape index (κ3) is 5.82. The minimum absolute atomic E-state index is 0.127. The number of benzene rings is 2. The quantitative estimate of drug-likeness (QED) is 0.508. The molecule has 2 aromatic carbocycles. The second-order valence-electron chi connectivity index (χ2n) is 9.86. The van der Waals surface area contributed by atoms with Crippen molar-refractivity contribution in [2.45, 2.75) is 53.1 Å². The molecule has 2 atom stereocenters. The lowest BCUT2D eigenvalue weighted by molar-refractivity contribution is -0.171. The van der Waals surface area contributed by atoms with Gasteiger partial charge in [-0.1, -0.05) is 88.4 Å². The van der Waals surface area contributed by atoms with Crippen LogP contribution in [0.3, 0.4) is 0 Å². The van der Waals surface area contributed by atoms with Crippen LogP contribution in [0.2, 0.25) is 0 Å². The molecule has 0 aromatic heterocycles. The SMILES string of the molecule is CC(=O)N([C@@H](Cc1ccccc1)C(=O)C(=O)O)N1C(=O)[C@@H](C(C)C)N(C(=O)C(C)C)C=C1c1ccccc1. The Kier molecular flexibility index (Phi) is 8.83. The van der Waals surface area contributed by atoms with Gasteiger partial charge in [0.2, 0.25) is 11.8 Å². The molecule has 9 nitrogen and oxygen atoms in total. The zero-order valence-electron chi connectivity index (χ0n) is 22.2. The summed E-state index contributed by atoms with van der Waals surface area (Å²) in [6, 6.07) is 14.9. The van der Waals surface area contributed by atoms with Gasteiger partial charge in [0.05, 0.1) is 5.70 Å². The van der Waals surface area contributed by atoms with Crippen molar-refractivity contribution in [3.05, 3.63) is 78.0 Å². The molecule has 1 aliphatic heterocycles. The number of hydrogen-bond donors (Lipinski definition) is 1. The summed E-state index contributed by atoms with van der Waals surface area (Å²) in [5, 5.41) is 11.7. The van der Waals surface area contributed by atoms with E-state index in [1.807, 2.05) is 0 Å². The first-order valence-electron chi connectivity index (χ1n) is 12.5. The van der Waals surface area contributed by atoms with Gasteiger partial charge in [-0.25, -0.2) is 14.8 Å². The van der Waals surface area contributed by atoms with Crippen molar-refractivity contribution in [2.24, 2.45) is 11.8 Å². The molecular weight excluding hydrogens is 486 g/mol. The number of carboxylic acid groups (broad SMARTS) is 1. The maximum atomic E-state index is 14.2. The normalized spacial score (nSPS) is 16.3. The summed E-state index contributed by atoms with van der Waals surface area (Å²) in [4.78, 5) is 67.0. The monoisotopic (exact) mass is 519 g/mol. The van der Waals surface area contributed by atoms with Gasteiger partial charge in [0.1, 0.15) is 12.1 Å². The zero-order chi connectivity index (χ0) is 28.1. The number of hydrogen-bond acceptors (Lipinski definition) is 5. The molecule has 0 bridgehead atoms. The van der Waals surface area contributed by atoms with E-state index in [9.17, 15) is 29.1 Å². The molecule has 2 aromatic rings. The van der Waals surface area contributed by atoms with Crippen LogP contribution in [-0.2, 0) is 30.4 Å². The minimum atomic E-state index is -1.72. The van der Waals surface area contributed by atoms with E-state index in [-0.39, 0.29) is 23.9 Å². The van der Waals surface area contributed by atoms with Gasteiger partial charge in [-0.15, -0.1) is 0 Å². The average Bonchev–Trinajstić information content (AvgIpc) is 2.88. The standard InChI is InChI=1S/C29H33N3O6/c1-18(2)25-28(36)32(24(22-14-10-7-11-15-22)17-30(25)27(35)19(3)4)31(20(5)33)23(26(34)29(37)38)16-21-12-8-6-9-13-21/h6-15,17-19,23,25H,16H2,1-5H3,(H,37,38)/t23-,25+/m0/s1. The van der Waals surface area contributed by atoms with E-state index in [2.05, 4.69) is 0 Å². The Labute approximate surface area is 222 Å². The molecule has 38 heavy (non-hydrogen) atoms. The Morgan fingerprint density at radius 2 is 1.47 bits per heavy atom. The number of amides is 3. The van der Waals surface area contributed by atoms with Crippen molar-refractivity contribution >= 4 is 35.2 Å². The lowest BCUT2D eigenvalue weighted by Gasteiger charge is -2.47. The van der Waals surface area contributed by atoms with Crippen molar-refractivity contribution in [1.82, 2.24) is 14.9 Å². The van der Waals surface area contributed by atoms with E-state index in [1.165, 1.54) is 18.0 Å². The Bertz CT molecular complexity index is 1240. The summed E-state index contributed by atoms with van der Waals surface area (Å²) >= 11 is 0. The van der Waals surface area contributed by atoms with Gasteiger partial charge < -0.3 is 10.0 Å². The van der Waals surface area contributed by atoms with Crippen molar-refractivity contribution in [3.63, 3.8) is 0 Å². The smallest absolute Gasteiger partial charge is 0.374 e. The number of rotatable bonds is 9. The third-order valence-electron chi connectivity index (χ3n) is 6.32. The van der Waals surface area contributed by atoms with Crippen LogP contribution in [0, 0.1) is 11.8 Å². The van der Waals surface area contributed by atoms with Gasteiger partial charge in [-0.2, -0.15) is 0 Å². The lowest BCUT2D eigenvalue weighted by Crippen LogP contribution is -2.64. The van der Waals surface area contributed by atoms with Gasteiger partial charge in [-0.05, 0) is 11.5 Å². The number of ketones is 1. The summed E-state index contributed by atoms with van der Waals surface area (Å²) in [6.07, 6.45) is 1.39. The van der Waals surface area contributed by atoms with Gasteiger partial charge in [0.25, 0.3) is 11.7 Å². The average molecular weight is 520 g/mol. The first kappa shape index (κ1) is 28.3. The summed E-state index contributed by atoms with van der Waals surface area (Å²) in [5.74, 6) is -5.29. The molecule has 3 amide bonds. The van der Waals surface area contributed by atoms with Gasteiger partial charge in [0.15, 0.2) is 0 Å². The van der Waals surface area contributed by atoms with Crippen LogP contribution >= 0.6 is 0 Å². The molecule has 1 heterocycles. The molecule has 0 radical (unpaired) electrons. The van der Waals surface area contributed by atoms with E-state index in [4.69, 9.17) is 0 Å². The number of aliphatic carboxylic acids is 1. The Morgan fingerprint density at radius 3 is 1.95 bits per heavy atom. The molecule has 0 spiro atoms. The Morgan fingerprint density at radius 1 is 0.921 bits per heavy atom. The van der Waals surface area contributed by atoms with Crippen molar-refractivity contribution < 1.29 is 29.1 Å². The van der Waals surface area contributed by atoms with Crippen molar-refractivity contribution in [2.75, 3.05) is 0 Å². The highest BCUT2D eigenvalue weighted by molar-refractivity contribution is 6.35. The molecule has 0 aliphatic carbocycles. The van der Waals surface area contributed by atoms with Gasteiger partial charge in [-0.3, -0.25) is 19.2 Å². The second kappa shape index (κ2) is 11.9. The number of hydrazine groups is 1. The van der Waals surface area contributed by atoms with Crippen LogP contribution in [0.4, 0.5) is 0 Å². The lowest BCUT2D eigenvalue weighted by atomic mass is 9.96. The van der Waals surface area contributed by atoms with Crippen LogP contribution in [0.15, 0.2) is 66.9 Å². The van der Waals surface area contributed by atoms with E-state index in [0.717, 1.165) is 10.0 Å². The number of Topliss-reactive ketones (excluding diaryl/α,β-unsaturated/α-hetero) is 1. The predicted octanol–water partition coefficient (Wildman–Crippen LogP) is 3.36. The molecule has 1 aliphatic rings. The molecule has 1 N–H and O–H groups in total. The van der Waals surface area contributed by atoms with E-state index >= 15 is 0 Å². The minimum Gasteiger partial charge on any atom is -0.475 e. The molecule has 0 saturated heterocycles. The van der Waals surface area contributed by atoms with Crippen LogP contribution in [-0.4, -0.2) is 61.6 Å². The van der Waals surface area contributed by atoms with Gasteiger partial charge >= 0.3 is 5.97 Å². The number of carboxylic acids is 1. The molecule has 9 heteroatoms. The van der Waals surface area contributed by atoms with Crippen LogP contribution in [0.1, 0.15) is 45.7 Å². The molecule has 0 unspecified atom stereocenters. The van der Waals surface area contributed by atoms with E-state index < -0.39 is 41.6 Å². The molecule has 0 saturated carbocycles. The maximum absolute atomic E-state index is 14.2. The maximum Gasteiger partial charge on any atom is 0.374 e. The molecular formula is C29H33N3O6. The fourth-order valence-corrected chi connectivity index (χ4v) is 4.53. The topological polar surface area (TPSA) is 115 Å².